The van der Waals surface area contributed by atoms with Gasteiger partial charge in [0.25, 0.3) is 11.5 Å². The number of allylic oxidation sites excluding steroid dienone is 1. The maximum atomic E-state index is 13.9. The van der Waals surface area contributed by atoms with Gasteiger partial charge in [-0.05, 0) is 55.8 Å². The summed E-state index contributed by atoms with van der Waals surface area (Å²) in [5, 5.41) is 2.88. The Hall–Kier alpha value is -4.83. The van der Waals surface area contributed by atoms with E-state index in [1.807, 2.05) is 6.07 Å². The maximum absolute atomic E-state index is 13.9. The van der Waals surface area contributed by atoms with Crippen LogP contribution >= 0.6 is 11.3 Å². The molecule has 0 bridgehead atoms. The van der Waals surface area contributed by atoms with E-state index >= 15 is 0 Å². The van der Waals surface area contributed by atoms with Crippen LogP contribution in [0.5, 0.6) is 5.75 Å². The molecule has 3 aromatic carbocycles. The van der Waals surface area contributed by atoms with E-state index < -0.39 is 23.7 Å². The number of ether oxygens (including phenoxy) is 2. The topological polar surface area (TPSA) is 99.0 Å². The molecule has 2 heterocycles. The number of nitrogens with zero attached hydrogens (tertiary/aromatic N) is 2. The molecule has 0 radical (unpaired) electrons. The number of halogens is 1. The fraction of sp³-hybridized carbons (Fsp3) is 0.161. The van der Waals surface area contributed by atoms with Gasteiger partial charge in [0.1, 0.15) is 11.6 Å². The number of carbonyl (C=O) groups excluding carboxylic acids is 2. The molecule has 1 N–H and O–H groups in total. The van der Waals surface area contributed by atoms with Gasteiger partial charge < -0.3 is 14.8 Å². The molecule has 1 aliphatic rings. The summed E-state index contributed by atoms with van der Waals surface area (Å²) in [6.07, 6.45) is 1.66. The highest BCUT2D eigenvalue weighted by Gasteiger charge is 2.32. The minimum atomic E-state index is -0.840. The van der Waals surface area contributed by atoms with Crippen molar-refractivity contribution >= 4 is 35.0 Å². The molecule has 1 atom stereocenters. The second kappa shape index (κ2) is 12.1. The number of rotatable bonds is 8. The summed E-state index contributed by atoms with van der Waals surface area (Å²) in [6, 6.07) is 20.8. The first-order valence-electron chi connectivity index (χ1n) is 12.9. The number of nitrogens with one attached hydrogen (secondary N) is 1. The van der Waals surface area contributed by atoms with Crippen molar-refractivity contribution in [3.8, 4) is 5.75 Å². The van der Waals surface area contributed by atoms with E-state index in [-0.39, 0.29) is 24.3 Å². The van der Waals surface area contributed by atoms with Crippen LogP contribution in [0.4, 0.5) is 10.1 Å². The summed E-state index contributed by atoms with van der Waals surface area (Å²) in [6.45, 7) is 3.39. The van der Waals surface area contributed by atoms with Gasteiger partial charge in [-0.3, -0.25) is 14.2 Å². The van der Waals surface area contributed by atoms with Crippen LogP contribution in [0.1, 0.15) is 31.0 Å². The number of benzene rings is 3. The van der Waals surface area contributed by atoms with Crippen molar-refractivity contribution in [1.29, 1.82) is 0 Å². The molecule has 1 amide bonds. The third-order valence-corrected chi connectivity index (χ3v) is 7.32. The quantitative estimate of drug-likeness (QED) is 0.323. The zero-order valence-corrected chi connectivity index (χ0v) is 23.1. The number of hydrogen-bond donors (Lipinski definition) is 1. The maximum Gasteiger partial charge on any atom is 0.344 e. The standard InChI is InChI=1S/C31H26FN3O5S/c1-3-39-26(36)18-40-24-12-8-7-9-21(24)17-25-30(38)35-28(20-13-15-22(32)16-14-20)27(19(2)33-31(35)41-25)29(37)34-23-10-5-4-6-11-23/h4-17,28H,3,18H2,1-2H3,(H,34,37)/b25-17-/t28-/m0/s1. The number of esters is 1. The van der Waals surface area contributed by atoms with Gasteiger partial charge in [-0.15, -0.1) is 0 Å². The number of fused-ring (bicyclic) bond motifs is 1. The second-order valence-corrected chi connectivity index (χ2v) is 10.1. The van der Waals surface area contributed by atoms with Crippen LogP contribution in [0.15, 0.2) is 99.9 Å². The fourth-order valence-corrected chi connectivity index (χ4v) is 5.54. The highest BCUT2D eigenvalue weighted by atomic mass is 32.1. The zero-order chi connectivity index (χ0) is 28.9. The summed E-state index contributed by atoms with van der Waals surface area (Å²) < 4.78 is 26.3. The Balaban J connectivity index is 1.60. The molecule has 0 saturated heterocycles. The number of anilines is 1. The van der Waals surface area contributed by atoms with Crippen LogP contribution in [0.2, 0.25) is 0 Å². The number of hydrogen-bond acceptors (Lipinski definition) is 7. The number of aromatic nitrogens is 1. The molecule has 0 saturated carbocycles. The lowest BCUT2D eigenvalue weighted by Crippen LogP contribution is -2.40. The van der Waals surface area contributed by atoms with Gasteiger partial charge in [0.15, 0.2) is 11.4 Å². The summed E-state index contributed by atoms with van der Waals surface area (Å²) >= 11 is 1.16. The number of carbonyl (C=O) groups is 2. The number of para-hydroxylation sites is 2. The molecule has 41 heavy (non-hydrogen) atoms. The van der Waals surface area contributed by atoms with Gasteiger partial charge in [-0.25, -0.2) is 14.2 Å². The first-order chi connectivity index (χ1) is 19.9. The van der Waals surface area contributed by atoms with E-state index in [9.17, 15) is 18.8 Å². The Morgan fingerprint density at radius 1 is 1.05 bits per heavy atom. The lowest BCUT2D eigenvalue weighted by molar-refractivity contribution is -0.145. The minimum absolute atomic E-state index is 0.241. The average molecular weight is 572 g/mol. The third-order valence-electron chi connectivity index (χ3n) is 6.34. The molecule has 1 aliphatic heterocycles. The van der Waals surface area contributed by atoms with Crippen LogP contribution in [0.3, 0.4) is 0 Å². The SMILES string of the molecule is CCOC(=O)COc1ccccc1/C=c1\sc2n(c1=O)[C@@H](c1ccc(F)cc1)C(C(=O)Nc1ccccc1)=C(C)N=2. The second-order valence-electron chi connectivity index (χ2n) is 9.09. The Labute approximate surface area is 238 Å². The van der Waals surface area contributed by atoms with E-state index in [2.05, 4.69) is 10.3 Å². The highest BCUT2D eigenvalue weighted by molar-refractivity contribution is 7.07. The van der Waals surface area contributed by atoms with Crippen molar-refractivity contribution in [2.75, 3.05) is 18.5 Å². The predicted octanol–water partition coefficient (Wildman–Crippen LogP) is 3.95. The van der Waals surface area contributed by atoms with Crippen molar-refractivity contribution in [2.45, 2.75) is 19.9 Å². The molecule has 5 rings (SSSR count). The van der Waals surface area contributed by atoms with Crippen LogP contribution in [0.25, 0.3) is 6.08 Å². The zero-order valence-electron chi connectivity index (χ0n) is 22.3. The molecule has 1 aromatic heterocycles. The van der Waals surface area contributed by atoms with Crippen LogP contribution in [-0.4, -0.2) is 29.7 Å². The average Bonchev–Trinajstić information content (AvgIpc) is 3.27. The lowest BCUT2D eigenvalue weighted by atomic mass is 9.95. The monoisotopic (exact) mass is 571 g/mol. The van der Waals surface area contributed by atoms with E-state index in [0.717, 1.165) is 11.3 Å². The van der Waals surface area contributed by atoms with Crippen LogP contribution in [-0.2, 0) is 14.3 Å². The molecule has 208 valence electrons. The Morgan fingerprint density at radius 3 is 2.49 bits per heavy atom. The molecule has 0 spiro atoms. The summed E-state index contributed by atoms with van der Waals surface area (Å²) in [5.74, 6) is -0.950. The normalized spacial score (nSPS) is 14.7. The number of thiazole rings is 1. The molecule has 8 nitrogen and oxygen atoms in total. The Kier molecular flexibility index (Phi) is 8.21. The van der Waals surface area contributed by atoms with Crippen molar-refractivity contribution in [2.24, 2.45) is 4.99 Å². The van der Waals surface area contributed by atoms with E-state index in [1.165, 1.54) is 16.7 Å². The third kappa shape index (κ3) is 6.02. The van der Waals surface area contributed by atoms with Gasteiger partial charge in [0.2, 0.25) is 0 Å². The van der Waals surface area contributed by atoms with Gasteiger partial charge >= 0.3 is 5.97 Å². The van der Waals surface area contributed by atoms with Crippen molar-refractivity contribution in [3.05, 3.63) is 127 Å². The predicted molar refractivity (Wildman–Crippen MR) is 154 cm³/mol. The summed E-state index contributed by atoms with van der Waals surface area (Å²) in [4.78, 5) is 44.3. The molecule has 0 unspecified atom stereocenters. The Morgan fingerprint density at radius 2 is 1.76 bits per heavy atom. The first-order valence-corrected chi connectivity index (χ1v) is 13.7. The fourth-order valence-electron chi connectivity index (χ4n) is 4.50. The van der Waals surface area contributed by atoms with E-state index in [0.29, 0.717) is 37.6 Å². The van der Waals surface area contributed by atoms with Gasteiger partial charge in [0.05, 0.1) is 28.5 Å². The van der Waals surface area contributed by atoms with Gasteiger partial charge in [0, 0.05) is 11.3 Å². The molecule has 10 heteroatoms. The highest BCUT2D eigenvalue weighted by Crippen LogP contribution is 2.31. The lowest BCUT2D eigenvalue weighted by Gasteiger charge is -2.25. The van der Waals surface area contributed by atoms with Gasteiger partial charge in [-0.2, -0.15) is 0 Å². The van der Waals surface area contributed by atoms with Crippen LogP contribution in [0, 0.1) is 5.82 Å². The summed E-state index contributed by atoms with van der Waals surface area (Å²) in [7, 11) is 0. The van der Waals surface area contributed by atoms with Crippen LogP contribution < -0.4 is 24.9 Å². The largest absolute Gasteiger partial charge is 0.481 e. The van der Waals surface area contributed by atoms with Crippen molar-refractivity contribution in [1.82, 2.24) is 4.57 Å². The van der Waals surface area contributed by atoms with Crippen molar-refractivity contribution in [3.63, 3.8) is 0 Å². The molecule has 0 fully saturated rings. The Bertz CT molecular complexity index is 1810. The number of amides is 1. The molecule has 0 aliphatic carbocycles. The molecular weight excluding hydrogens is 545 g/mol. The van der Waals surface area contributed by atoms with Crippen molar-refractivity contribution < 1.29 is 23.5 Å². The first kappa shape index (κ1) is 27.7. The smallest absolute Gasteiger partial charge is 0.344 e. The summed E-state index contributed by atoms with van der Waals surface area (Å²) in [5.41, 5.74) is 2.08. The van der Waals surface area contributed by atoms with E-state index in [1.54, 1.807) is 80.6 Å². The minimum Gasteiger partial charge on any atom is -0.481 e. The molecular formula is C31H26FN3O5S. The van der Waals surface area contributed by atoms with Gasteiger partial charge in [-0.1, -0.05) is 59.9 Å². The van der Waals surface area contributed by atoms with E-state index in [4.69, 9.17) is 9.47 Å². The molecule has 4 aromatic rings.